The molecule has 2 aromatic carbocycles. The number of benzene rings is 2. The molecule has 1 amide bonds. The Hall–Kier alpha value is -1.93. The standard InChI is InChI=1S/C20H16Cl2N2O3S2/c1-12-3-7-14(8-4-12)23-16(25)11-28-20(23)17(24(26)27)18(19(21)22)29-15-9-5-13(2)6-10-15/h3-10H,11H2,1-2H3/b20-17+. The Morgan fingerprint density at radius 1 is 1.07 bits per heavy atom. The fraction of sp³-hybridized carbons (Fsp3) is 0.150. The summed E-state index contributed by atoms with van der Waals surface area (Å²) in [5.74, 6) is -0.137. The Morgan fingerprint density at radius 3 is 2.14 bits per heavy atom. The van der Waals surface area contributed by atoms with Crippen LogP contribution < -0.4 is 4.90 Å². The molecule has 9 heteroatoms. The molecule has 0 spiro atoms. The van der Waals surface area contributed by atoms with Crippen LogP contribution in [-0.2, 0) is 4.79 Å². The molecule has 0 N–H and O–H groups in total. The summed E-state index contributed by atoms with van der Waals surface area (Å²) in [6.45, 7) is 3.88. The third-order valence-corrected chi connectivity index (χ3v) is 6.84. The first-order chi connectivity index (χ1) is 13.8. The van der Waals surface area contributed by atoms with Crippen LogP contribution >= 0.6 is 46.7 Å². The number of anilines is 1. The highest BCUT2D eigenvalue weighted by molar-refractivity contribution is 8.05. The van der Waals surface area contributed by atoms with E-state index in [-0.39, 0.29) is 31.8 Å². The van der Waals surface area contributed by atoms with E-state index in [0.717, 1.165) is 39.5 Å². The van der Waals surface area contributed by atoms with E-state index in [1.54, 1.807) is 12.1 Å². The van der Waals surface area contributed by atoms with Crippen molar-refractivity contribution in [2.24, 2.45) is 0 Å². The predicted molar refractivity (Wildman–Crippen MR) is 121 cm³/mol. The Labute approximate surface area is 186 Å². The van der Waals surface area contributed by atoms with Gasteiger partial charge in [-0.15, -0.1) is 0 Å². The molecular weight excluding hydrogens is 451 g/mol. The zero-order valence-corrected chi connectivity index (χ0v) is 18.7. The Bertz CT molecular complexity index is 1020. The molecule has 0 bridgehead atoms. The maximum Gasteiger partial charge on any atom is 0.316 e. The molecule has 0 atom stereocenters. The molecule has 150 valence electrons. The van der Waals surface area contributed by atoms with Crippen LogP contribution in [0.15, 0.2) is 73.5 Å². The summed E-state index contributed by atoms with van der Waals surface area (Å²) >= 11 is 14.3. The second-order valence-corrected chi connectivity index (χ2v) is 9.27. The predicted octanol–water partition coefficient (Wildman–Crippen LogP) is 6.27. The number of halogens is 2. The van der Waals surface area contributed by atoms with Crippen LogP contribution in [0, 0.1) is 24.0 Å². The second-order valence-electron chi connectivity index (χ2n) is 6.27. The van der Waals surface area contributed by atoms with Gasteiger partial charge in [0.15, 0.2) is 5.03 Å². The molecule has 0 saturated carbocycles. The summed E-state index contributed by atoms with van der Waals surface area (Å²) in [7, 11) is 0. The first-order valence-corrected chi connectivity index (χ1v) is 11.0. The normalized spacial score (nSPS) is 15.4. The lowest BCUT2D eigenvalue weighted by atomic mass is 10.2. The second kappa shape index (κ2) is 9.26. The third-order valence-electron chi connectivity index (χ3n) is 4.09. The van der Waals surface area contributed by atoms with Crippen molar-refractivity contribution in [1.29, 1.82) is 0 Å². The maximum atomic E-state index is 12.5. The first-order valence-electron chi connectivity index (χ1n) is 8.49. The van der Waals surface area contributed by atoms with E-state index in [4.69, 9.17) is 23.2 Å². The number of amides is 1. The van der Waals surface area contributed by atoms with Crippen LogP contribution in [0.2, 0.25) is 0 Å². The van der Waals surface area contributed by atoms with Crippen molar-refractivity contribution in [3.8, 4) is 0 Å². The number of aryl methyl sites for hydroxylation is 2. The van der Waals surface area contributed by atoms with Gasteiger partial charge >= 0.3 is 5.70 Å². The monoisotopic (exact) mass is 466 g/mol. The fourth-order valence-electron chi connectivity index (χ4n) is 2.66. The van der Waals surface area contributed by atoms with Gasteiger partial charge in [-0.25, -0.2) is 0 Å². The van der Waals surface area contributed by atoms with Crippen molar-refractivity contribution in [3.63, 3.8) is 0 Å². The highest BCUT2D eigenvalue weighted by Crippen LogP contribution is 2.44. The fourth-order valence-corrected chi connectivity index (χ4v) is 5.03. The van der Waals surface area contributed by atoms with Gasteiger partial charge in [0.05, 0.1) is 10.7 Å². The topological polar surface area (TPSA) is 63.5 Å². The molecule has 2 aromatic rings. The van der Waals surface area contributed by atoms with E-state index in [0.29, 0.717) is 5.69 Å². The maximum absolute atomic E-state index is 12.5. The molecule has 1 saturated heterocycles. The summed E-state index contributed by atoms with van der Waals surface area (Å²) in [4.78, 5) is 26.3. The van der Waals surface area contributed by atoms with Crippen molar-refractivity contribution in [1.82, 2.24) is 0 Å². The number of thioether (sulfide) groups is 2. The minimum Gasteiger partial charge on any atom is -0.273 e. The summed E-state index contributed by atoms with van der Waals surface area (Å²) in [6.07, 6.45) is 0. The van der Waals surface area contributed by atoms with Gasteiger partial charge in [-0.2, -0.15) is 0 Å². The quantitative estimate of drug-likeness (QED) is 0.295. The minimum atomic E-state index is -0.538. The largest absolute Gasteiger partial charge is 0.316 e. The Kier molecular flexibility index (Phi) is 6.95. The molecule has 1 fully saturated rings. The highest BCUT2D eigenvalue weighted by Gasteiger charge is 2.38. The molecule has 1 aliphatic heterocycles. The first kappa shape index (κ1) is 21.8. The van der Waals surface area contributed by atoms with E-state index >= 15 is 0 Å². The smallest absolute Gasteiger partial charge is 0.273 e. The number of carbonyl (C=O) groups is 1. The molecule has 0 aliphatic carbocycles. The van der Waals surface area contributed by atoms with Gasteiger partial charge in [-0.1, -0.05) is 82.1 Å². The van der Waals surface area contributed by atoms with Crippen molar-refractivity contribution in [2.45, 2.75) is 18.7 Å². The molecular formula is C20H16Cl2N2O3S2. The van der Waals surface area contributed by atoms with Crippen molar-refractivity contribution < 1.29 is 9.72 Å². The van der Waals surface area contributed by atoms with Gasteiger partial charge in [0, 0.05) is 10.6 Å². The van der Waals surface area contributed by atoms with Gasteiger partial charge in [-0.3, -0.25) is 19.8 Å². The van der Waals surface area contributed by atoms with Crippen LogP contribution in [0.25, 0.3) is 0 Å². The van der Waals surface area contributed by atoms with Crippen LogP contribution in [0.4, 0.5) is 5.69 Å². The number of nitrogens with zero attached hydrogens (tertiary/aromatic N) is 2. The van der Waals surface area contributed by atoms with Crippen molar-refractivity contribution in [3.05, 3.63) is 89.9 Å². The lowest BCUT2D eigenvalue weighted by molar-refractivity contribution is -0.420. The SMILES string of the molecule is Cc1ccc(SC(=C(Cl)Cl)/C(=C2\SCC(=O)N2c2ccc(C)cc2)[N+](=O)[O-])cc1. The van der Waals surface area contributed by atoms with Gasteiger partial charge in [0.2, 0.25) is 5.91 Å². The van der Waals surface area contributed by atoms with Crippen LogP contribution in [0.1, 0.15) is 11.1 Å². The summed E-state index contributed by atoms with van der Waals surface area (Å²) < 4.78 is -0.224. The van der Waals surface area contributed by atoms with Gasteiger partial charge in [0.25, 0.3) is 0 Å². The van der Waals surface area contributed by atoms with Gasteiger partial charge in [0.1, 0.15) is 9.40 Å². The average molecular weight is 467 g/mol. The molecule has 5 nitrogen and oxygen atoms in total. The average Bonchev–Trinajstić information content (AvgIpc) is 3.04. The third kappa shape index (κ3) is 4.98. The Balaban J connectivity index is 2.11. The van der Waals surface area contributed by atoms with Gasteiger partial charge < -0.3 is 0 Å². The van der Waals surface area contributed by atoms with Crippen molar-refractivity contribution >= 4 is 58.3 Å². The Morgan fingerprint density at radius 2 is 1.62 bits per heavy atom. The van der Waals surface area contributed by atoms with E-state index in [2.05, 4.69) is 0 Å². The van der Waals surface area contributed by atoms with E-state index in [1.807, 2.05) is 50.2 Å². The molecule has 3 rings (SSSR count). The van der Waals surface area contributed by atoms with Crippen LogP contribution in [0.3, 0.4) is 0 Å². The number of hydrogen-bond donors (Lipinski definition) is 0. The summed E-state index contributed by atoms with van der Waals surface area (Å²) in [5.41, 5.74) is 2.36. The molecule has 1 aliphatic rings. The molecule has 0 radical (unpaired) electrons. The zero-order valence-electron chi connectivity index (χ0n) is 15.5. The summed E-state index contributed by atoms with van der Waals surface area (Å²) in [6, 6.07) is 14.7. The van der Waals surface area contributed by atoms with E-state index in [9.17, 15) is 14.9 Å². The van der Waals surface area contributed by atoms with Gasteiger partial charge in [-0.05, 0) is 38.1 Å². The highest BCUT2D eigenvalue weighted by atomic mass is 35.5. The van der Waals surface area contributed by atoms with Crippen LogP contribution in [0.5, 0.6) is 0 Å². The number of nitro groups is 1. The van der Waals surface area contributed by atoms with Crippen molar-refractivity contribution in [2.75, 3.05) is 10.7 Å². The van der Waals surface area contributed by atoms with Crippen LogP contribution in [-0.4, -0.2) is 16.6 Å². The zero-order chi connectivity index (χ0) is 21.1. The van der Waals surface area contributed by atoms with E-state index in [1.165, 1.54) is 4.90 Å². The molecule has 29 heavy (non-hydrogen) atoms. The lowest BCUT2D eigenvalue weighted by Gasteiger charge is -2.18. The number of carbonyl (C=O) groups excluding carboxylic acids is 1. The minimum absolute atomic E-state index is 0.0940. The molecule has 1 heterocycles. The van der Waals surface area contributed by atoms with E-state index < -0.39 is 4.92 Å². The lowest BCUT2D eigenvalue weighted by Crippen LogP contribution is -2.26. The number of rotatable bonds is 5. The molecule has 0 unspecified atom stereocenters. The molecule has 0 aromatic heterocycles. The number of hydrogen-bond acceptors (Lipinski definition) is 5. The summed E-state index contributed by atoms with van der Waals surface area (Å²) in [5, 5.41) is 12.3.